The number of rotatable bonds is 7. The molecule has 0 saturated carbocycles. The zero-order valence-electron chi connectivity index (χ0n) is 13.7. The second-order valence-electron chi connectivity index (χ2n) is 5.58. The van der Waals surface area contributed by atoms with E-state index in [9.17, 15) is 22.0 Å². The highest BCUT2D eigenvalue weighted by Crippen LogP contribution is 2.24. The Morgan fingerprint density at radius 3 is 2.42 bits per heavy atom. The van der Waals surface area contributed by atoms with Crippen molar-refractivity contribution in [1.29, 1.82) is 0 Å². The fraction of sp³-hybridized carbons (Fsp3) is 0.235. The summed E-state index contributed by atoms with van der Waals surface area (Å²) in [6, 6.07) is 10.6. The first-order chi connectivity index (χ1) is 12.1. The Bertz CT molecular complexity index is 886. The highest BCUT2D eigenvalue weighted by atomic mass is 79.9. The molecule has 0 aliphatic heterocycles. The maximum absolute atomic E-state index is 12.5. The number of benzene rings is 2. The van der Waals surface area contributed by atoms with Gasteiger partial charge in [0.25, 0.3) is 5.91 Å². The normalized spacial score (nSPS) is 11.4. The summed E-state index contributed by atoms with van der Waals surface area (Å²) >= 11 is 3.24. The molecular formula is C17H16BrF2NO4S. The lowest BCUT2D eigenvalue weighted by Gasteiger charge is -2.12. The minimum absolute atomic E-state index is 0.00851. The minimum atomic E-state index is -3.16. The van der Waals surface area contributed by atoms with E-state index in [1.54, 1.807) is 24.3 Å². The van der Waals surface area contributed by atoms with Crippen LogP contribution >= 0.6 is 15.9 Å². The van der Waals surface area contributed by atoms with Crippen LogP contribution in [0.5, 0.6) is 5.75 Å². The number of ether oxygens (including phenoxy) is 1. The van der Waals surface area contributed by atoms with Gasteiger partial charge in [0, 0.05) is 28.4 Å². The molecule has 0 unspecified atom stereocenters. The largest absolute Gasteiger partial charge is 0.434 e. The molecule has 9 heteroatoms. The highest BCUT2D eigenvalue weighted by Gasteiger charge is 2.12. The van der Waals surface area contributed by atoms with Gasteiger partial charge in [-0.05, 0) is 35.9 Å². The summed E-state index contributed by atoms with van der Waals surface area (Å²) in [5.74, 6) is -0.549. The number of sulfone groups is 1. The Balaban J connectivity index is 2.06. The Morgan fingerprint density at radius 2 is 1.85 bits per heavy atom. The molecule has 1 amide bonds. The van der Waals surface area contributed by atoms with Crippen LogP contribution < -0.4 is 10.1 Å². The van der Waals surface area contributed by atoms with Crippen LogP contribution in [0.1, 0.15) is 21.5 Å². The number of carbonyl (C=O) groups is 1. The zero-order chi connectivity index (χ0) is 19.3. The van der Waals surface area contributed by atoms with Gasteiger partial charge >= 0.3 is 6.61 Å². The predicted molar refractivity (Wildman–Crippen MR) is 96.9 cm³/mol. The molecule has 26 heavy (non-hydrogen) atoms. The van der Waals surface area contributed by atoms with Gasteiger partial charge in [-0.25, -0.2) is 8.42 Å². The molecule has 0 bridgehead atoms. The number of hydrogen-bond acceptors (Lipinski definition) is 4. The molecule has 0 spiro atoms. The number of amides is 1. The van der Waals surface area contributed by atoms with E-state index < -0.39 is 22.4 Å². The number of carbonyl (C=O) groups excluding carboxylic acids is 1. The van der Waals surface area contributed by atoms with Crippen LogP contribution in [0, 0.1) is 0 Å². The standard InChI is InChI=1S/C17H16BrF2NO4S/c1-26(23,24)10-11-2-4-12(5-3-11)16(22)21-9-13-8-14(18)6-7-15(13)25-17(19)20/h2-8,17H,9-10H2,1H3,(H,21,22). The van der Waals surface area contributed by atoms with Gasteiger partial charge in [-0.1, -0.05) is 28.1 Å². The van der Waals surface area contributed by atoms with E-state index >= 15 is 0 Å². The molecule has 0 aromatic heterocycles. The van der Waals surface area contributed by atoms with Gasteiger partial charge < -0.3 is 10.1 Å². The maximum atomic E-state index is 12.5. The number of alkyl halides is 2. The van der Waals surface area contributed by atoms with Crippen molar-refractivity contribution in [2.45, 2.75) is 18.9 Å². The van der Waals surface area contributed by atoms with Gasteiger partial charge in [-0.15, -0.1) is 0 Å². The van der Waals surface area contributed by atoms with Crippen molar-refractivity contribution in [2.75, 3.05) is 6.26 Å². The molecule has 1 N–H and O–H groups in total. The monoisotopic (exact) mass is 447 g/mol. The average Bonchev–Trinajstić information content (AvgIpc) is 2.53. The first kappa shape index (κ1) is 20.3. The molecule has 2 rings (SSSR count). The van der Waals surface area contributed by atoms with Gasteiger partial charge in [0.2, 0.25) is 0 Å². The summed E-state index contributed by atoms with van der Waals surface area (Å²) < 4.78 is 52.5. The molecule has 0 radical (unpaired) electrons. The molecule has 0 atom stereocenters. The number of halogens is 3. The second-order valence-corrected chi connectivity index (χ2v) is 8.64. The fourth-order valence-electron chi connectivity index (χ4n) is 2.23. The van der Waals surface area contributed by atoms with Crippen LogP contribution in [0.2, 0.25) is 0 Å². The number of hydrogen-bond donors (Lipinski definition) is 1. The van der Waals surface area contributed by atoms with Crippen LogP contribution in [-0.2, 0) is 22.1 Å². The summed E-state index contributed by atoms with van der Waals surface area (Å²) in [6.45, 7) is -2.97. The van der Waals surface area contributed by atoms with Crippen molar-refractivity contribution in [3.8, 4) is 5.75 Å². The van der Waals surface area contributed by atoms with Crippen LogP contribution in [0.25, 0.3) is 0 Å². The van der Waals surface area contributed by atoms with E-state index in [4.69, 9.17) is 0 Å². The molecule has 5 nitrogen and oxygen atoms in total. The molecule has 0 heterocycles. The van der Waals surface area contributed by atoms with E-state index in [0.29, 0.717) is 21.2 Å². The molecule has 0 fully saturated rings. The quantitative estimate of drug-likeness (QED) is 0.704. The van der Waals surface area contributed by atoms with Crippen molar-refractivity contribution in [2.24, 2.45) is 0 Å². The Hall–Kier alpha value is -2.00. The Kier molecular flexibility index (Phi) is 6.71. The van der Waals surface area contributed by atoms with Crippen LogP contribution in [0.15, 0.2) is 46.9 Å². The van der Waals surface area contributed by atoms with Gasteiger partial charge in [-0.2, -0.15) is 8.78 Å². The lowest BCUT2D eigenvalue weighted by Crippen LogP contribution is -2.23. The molecule has 0 saturated heterocycles. The van der Waals surface area contributed by atoms with E-state index in [-0.39, 0.29) is 18.0 Å². The zero-order valence-corrected chi connectivity index (χ0v) is 16.1. The summed E-state index contributed by atoms with van der Waals surface area (Å²) in [6.07, 6.45) is 1.13. The Labute approximate surface area is 158 Å². The van der Waals surface area contributed by atoms with Gasteiger partial charge in [0.15, 0.2) is 9.84 Å². The summed E-state index contributed by atoms with van der Waals surface area (Å²) in [5, 5.41) is 2.62. The van der Waals surface area contributed by atoms with Crippen LogP contribution in [-0.4, -0.2) is 27.2 Å². The predicted octanol–water partition coefficient (Wildman–Crippen LogP) is 3.53. The van der Waals surface area contributed by atoms with Crippen LogP contribution in [0.3, 0.4) is 0 Å². The Morgan fingerprint density at radius 1 is 1.19 bits per heavy atom. The number of nitrogens with one attached hydrogen (secondary N) is 1. The molecule has 2 aromatic carbocycles. The minimum Gasteiger partial charge on any atom is -0.434 e. The van der Waals surface area contributed by atoms with Gasteiger partial charge in [-0.3, -0.25) is 4.79 Å². The fourth-order valence-corrected chi connectivity index (χ4v) is 3.44. The van der Waals surface area contributed by atoms with E-state index in [1.807, 2.05) is 0 Å². The van der Waals surface area contributed by atoms with Crippen molar-refractivity contribution >= 4 is 31.7 Å². The van der Waals surface area contributed by atoms with Crippen LogP contribution in [0.4, 0.5) is 8.78 Å². The van der Waals surface area contributed by atoms with Crippen molar-refractivity contribution in [3.05, 3.63) is 63.6 Å². The second kappa shape index (κ2) is 8.59. The summed E-state index contributed by atoms with van der Waals surface area (Å²) in [5.41, 5.74) is 1.29. The molecule has 2 aromatic rings. The molecule has 0 aliphatic carbocycles. The lowest BCUT2D eigenvalue weighted by molar-refractivity contribution is -0.0504. The molecule has 140 valence electrons. The average molecular weight is 448 g/mol. The summed E-state index contributed by atoms with van der Waals surface area (Å²) in [7, 11) is -3.16. The topological polar surface area (TPSA) is 72.5 Å². The third-order valence-corrected chi connectivity index (χ3v) is 4.67. The summed E-state index contributed by atoms with van der Waals surface area (Å²) in [4.78, 5) is 12.2. The van der Waals surface area contributed by atoms with Gasteiger partial charge in [0.05, 0.1) is 5.75 Å². The first-order valence-corrected chi connectivity index (χ1v) is 10.3. The van der Waals surface area contributed by atoms with Crippen molar-refractivity contribution in [3.63, 3.8) is 0 Å². The smallest absolute Gasteiger partial charge is 0.387 e. The maximum Gasteiger partial charge on any atom is 0.387 e. The molecular weight excluding hydrogens is 432 g/mol. The lowest BCUT2D eigenvalue weighted by atomic mass is 10.1. The van der Waals surface area contributed by atoms with Crippen molar-refractivity contribution < 1.29 is 26.7 Å². The SMILES string of the molecule is CS(=O)(=O)Cc1ccc(C(=O)NCc2cc(Br)ccc2OC(F)F)cc1. The molecule has 0 aliphatic rings. The van der Waals surface area contributed by atoms with Crippen molar-refractivity contribution in [1.82, 2.24) is 5.32 Å². The third-order valence-electron chi connectivity index (χ3n) is 3.32. The third kappa shape index (κ3) is 6.38. The highest BCUT2D eigenvalue weighted by molar-refractivity contribution is 9.10. The van der Waals surface area contributed by atoms with E-state index in [0.717, 1.165) is 6.26 Å². The van der Waals surface area contributed by atoms with Gasteiger partial charge in [0.1, 0.15) is 5.75 Å². The first-order valence-electron chi connectivity index (χ1n) is 7.42. The van der Waals surface area contributed by atoms with E-state index in [2.05, 4.69) is 26.0 Å². The van der Waals surface area contributed by atoms with E-state index in [1.165, 1.54) is 18.2 Å².